The molecule has 14 heavy (non-hydrogen) atoms. The zero-order chi connectivity index (χ0) is 11.2. The van der Waals surface area contributed by atoms with Crippen molar-refractivity contribution in [1.82, 2.24) is 0 Å². The highest BCUT2D eigenvalue weighted by Gasteiger charge is 2.31. The van der Waals surface area contributed by atoms with Crippen molar-refractivity contribution in [2.45, 2.75) is 13.3 Å². The van der Waals surface area contributed by atoms with E-state index in [0.29, 0.717) is 0 Å². The Balaban J connectivity index is 4.03. The summed E-state index contributed by atoms with van der Waals surface area (Å²) in [6, 6.07) is 0. The van der Waals surface area contributed by atoms with Crippen LogP contribution in [0.2, 0.25) is 0 Å². The van der Waals surface area contributed by atoms with Gasteiger partial charge in [-0.25, -0.2) is 9.13 Å². The van der Waals surface area contributed by atoms with Crippen LogP contribution in [0.1, 0.15) is 13.3 Å². The predicted octanol–water partition coefficient (Wildman–Crippen LogP) is 1.18. The molecule has 0 radical (unpaired) electrons. The lowest BCUT2D eigenvalue weighted by Crippen LogP contribution is -1.93. The first kappa shape index (κ1) is 14.0. The van der Waals surface area contributed by atoms with Crippen LogP contribution < -0.4 is 0 Å². The van der Waals surface area contributed by atoms with Crippen molar-refractivity contribution in [3.8, 4) is 0 Å². The van der Waals surface area contributed by atoms with E-state index in [0.717, 1.165) is 6.42 Å². The average Bonchev–Trinajstić information content (AvgIpc) is 1.93. The highest BCUT2D eigenvalue weighted by molar-refractivity contribution is 7.60. The first-order chi connectivity index (χ1) is 6.27. The van der Waals surface area contributed by atoms with Crippen LogP contribution in [0.4, 0.5) is 0 Å². The van der Waals surface area contributed by atoms with Crippen LogP contribution in [0.15, 0.2) is 12.2 Å². The number of hydrogen-bond acceptors (Lipinski definition) is 4. The summed E-state index contributed by atoms with van der Waals surface area (Å²) in [5.74, 6) is 0. The van der Waals surface area contributed by atoms with Crippen molar-refractivity contribution in [2.75, 3.05) is 6.61 Å². The van der Waals surface area contributed by atoms with E-state index in [2.05, 4.69) is 8.83 Å². The van der Waals surface area contributed by atoms with Gasteiger partial charge in [-0.15, -0.1) is 0 Å². The summed E-state index contributed by atoms with van der Waals surface area (Å²) in [4.78, 5) is 25.2. The van der Waals surface area contributed by atoms with Gasteiger partial charge in [-0.05, 0) is 6.42 Å². The van der Waals surface area contributed by atoms with E-state index in [-0.39, 0.29) is 6.61 Å². The van der Waals surface area contributed by atoms with Gasteiger partial charge in [-0.2, -0.15) is 4.31 Å². The van der Waals surface area contributed by atoms with Crippen LogP contribution in [0, 0.1) is 0 Å². The van der Waals surface area contributed by atoms with Gasteiger partial charge in [0.15, 0.2) is 0 Å². The molecule has 0 aromatic rings. The Morgan fingerprint density at radius 2 is 1.79 bits per heavy atom. The van der Waals surface area contributed by atoms with Gasteiger partial charge in [0.1, 0.15) is 0 Å². The molecule has 0 rings (SSSR count). The van der Waals surface area contributed by atoms with Gasteiger partial charge in [0.25, 0.3) is 0 Å². The summed E-state index contributed by atoms with van der Waals surface area (Å²) < 4.78 is 28.7. The highest BCUT2D eigenvalue weighted by atomic mass is 31.3. The largest absolute Gasteiger partial charge is 0.481 e. The van der Waals surface area contributed by atoms with Crippen LogP contribution in [0.5, 0.6) is 0 Å². The fourth-order valence-electron chi connectivity index (χ4n) is 0.530. The van der Waals surface area contributed by atoms with E-state index in [1.165, 1.54) is 6.08 Å². The Hall–Kier alpha value is -0.0000000000000000416. The number of phosphoric acid groups is 2. The first-order valence-electron chi connectivity index (χ1n) is 3.66. The molecule has 0 aromatic carbocycles. The lowest BCUT2D eigenvalue weighted by molar-refractivity contribution is 0.191. The van der Waals surface area contributed by atoms with Crippen molar-refractivity contribution in [2.24, 2.45) is 0 Å². The standard InChI is InChI=1S/C5H12O7P2/c1-2-3-4-5-11-14(9,10)12-13(6,7)8/h3-4H,2,5H2,1H3,(H,9,10)(H2,6,7,8). The molecule has 0 aromatic heterocycles. The minimum absolute atomic E-state index is 0.248. The van der Waals surface area contributed by atoms with Gasteiger partial charge in [0, 0.05) is 0 Å². The molecule has 0 aliphatic rings. The molecule has 0 fully saturated rings. The van der Waals surface area contributed by atoms with Crippen LogP contribution >= 0.6 is 15.6 Å². The highest BCUT2D eigenvalue weighted by Crippen LogP contribution is 2.57. The number of hydrogen-bond donors (Lipinski definition) is 3. The fourth-order valence-corrected chi connectivity index (χ4v) is 2.07. The second-order valence-corrected chi connectivity index (χ2v) is 5.05. The van der Waals surface area contributed by atoms with Crippen molar-refractivity contribution >= 4 is 15.6 Å². The van der Waals surface area contributed by atoms with Crippen LogP contribution in [0.3, 0.4) is 0 Å². The summed E-state index contributed by atoms with van der Waals surface area (Å²) in [6.45, 7) is 1.60. The second kappa shape index (κ2) is 5.78. The Morgan fingerprint density at radius 1 is 1.21 bits per heavy atom. The smallest absolute Gasteiger partial charge is 0.302 e. The molecule has 7 nitrogen and oxygen atoms in total. The normalized spacial score (nSPS) is 17.1. The van der Waals surface area contributed by atoms with E-state index in [4.69, 9.17) is 14.7 Å². The third-order valence-electron chi connectivity index (χ3n) is 0.946. The van der Waals surface area contributed by atoms with Gasteiger partial charge in [0.2, 0.25) is 0 Å². The SMILES string of the molecule is CCC=CCOP(=O)(O)OP(=O)(O)O. The molecular weight excluding hydrogens is 234 g/mol. The second-order valence-electron chi connectivity index (χ2n) is 2.22. The Morgan fingerprint density at radius 3 is 2.21 bits per heavy atom. The molecule has 0 heterocycles. The lowest BCUT2D eigenvalue weighted by atomic mass is 10.4. The van der Waals surface area contributed by atoms with Crippen molar-refractivity contribution in [3.63, 3.8) is 0 Å². The molecule has 0 aliphatic carbocycles. The molecule has 0 aliphatic heterocycles. The lowest BCUT2D eigenvalue weighted by Gasteiger charge is -2.10. The maximum atomic E-state index is 10.8. The average molecular weight is 246 g/mol. The van der Waals surface area contributed by atoms with Crippen LogP contribution in [-0.2, 0) is 18.0 Å². The monoisotopic (exact) mass is 246 g/mol. The molecule has 0 amide bonds. The fraction of sp³-hybridized carbons (Fsp3) is 0.600. The molecular formula is C5H12O7P2. The first-order valence-corrected chi connectivity index (χ1v) is 6.68. The molecule has 84 valence electrons. The van der Waals surface area contributed by atoms with E-state index in [1.807, 2.05) is 6.92 Å². The maximum absolute atomic E-state index is 10.8. The molecule has 0 saturated heterocycles. The molecule has 3 N–H and O–H groups in total. The van der Waals surface area contributed by atoms with Gasteiger partial charge in [0.05, 0.1) is 6.61 Å². The van der Waals surface area contributed by atoms with Crippen molar-refractivity contribution in [3.05, 3.63) is 12.2 Å². The van der Waals surface area contributed by atoms with Gasteiger partial charge < -0.3 is 14.7 Å². The van der Waals surface area contributed by atoms with E-state index < -0.39 is 15.6 Å². The molecule has 9 heteroatoms. The number of phosphoric ester groups is 1. The Bertz CT molecular complexity index is 280. The molecule has 1 atom stereocenters. The molecule has 0 saturated carbocycles. The van der Waals surface area contributed by atoms with E-state index >= 15 is 0 Å². The summed E-state index contributed by atoms with van der Waals surface area (Å²) in [7, 11) is -9.67. The van der Waals surface area contributed by atoms with E-state index in [1.54, 1.807) is 6.08 Å². The van der Waals surface area contributed by atoms with E-state index in [9.17, 15) is 9.13 Å². The predicted molar refractivity (Wildman–Crippen MR) is 48.3 cm³/mol. The molecule has 1 unspecified atom stereocenters. The van der Waals surface area contributed by atoms with Gasteiger partial charge in [-0.1, -0.05) is 19.1 Å². The quantitative estimate of drug-likeness (QED) is 0.476. The molecule has 0 spiro atoms. The topological polar surface area (TPSA) is 113 Å². The van der Waals surface area contributed by atoms with Gasteiger partial charge >= 0.3 is 15.6 Å². The summed E-state index contributed by atoms with van der Waals surface area (Å²) in [5, 5.41) is 0. The van der Waals surface area contributed by atoms with Crippen molar-refractivity contribution < 1.29 is 32.6 Å². The number of allylic oxidation sites excluding steroid dienone is 1. The minimum atomic E-state index is -5.01. The zero-order valence-corrected chi connectivity index (χ0v) is 9.23. The van der Waals surface area contributed by atoms with Crippen LogP contribution in [0.25, 0.3) is 0 Å². The summed E-state index contributed by atoms with van der Waals surface area (Å²) in [6.07, 6.45) is 3.82. The summed E-state index contributed by atoms with van der Waals surface area (Å²) >= 11 is 0. The van der Waals surface area contributed by atoms with Crippen LogP contribution in [-0.4, -0.2) is 21.3 Å². The Kier molecular flexibility index (Phi) is 5.78. The zero-order valence-electron chi connectivity index (χ0n) is 7.44. The Labute approximate surface area is 81.2 Å². The third kappa shape index (κ3) is 8.59. The van der Waals surface area contributed by atoms with Crippen molar-refractivity contribution in [1.29, 1.82) is 0 Å². The third-order valence-corrected chi connectivity index (χ3v) is 3.10. The maximum Gasteiger partial charge on any atom is 0.481 e. The minimum Gasteiger partial charge on any atom is -0.302 e. The number of rotatable bonds is 6. The summed E-state index contributed by atoms with van der Waals surface area (Å²) in [5.41, 5.74) is 0. The van der Waals surface area contributed by atoms with Gasteiger partial charge in [-0.3, -0.25) is 4.52 Å². The molecule has 0 bridgehead atoms.